The van der Waals surface area contributed by atoms with Crippen LogP contribution in [0.3, 0.4) is 0 Å². The van der Waals surface area contributed by atoms with Crippen molar-refractivity contribution in [3.63, 3.8) is 0 Å². The van der Waals surface area contributed by atoms with Crippen LogP contribution in [0, 0.1) is 0 Å². The normalized spacial score (nSPS) is 10.6. The molecule has 0 aliphatic rings. The fraction of sp³-hybridized carbons (Fsp3) is 0.250. The van der Waals surface area contributed by atoms with Crippen molar-refractivity contribution in [2.45, 2.75) is 26.3 Å². The fourth-order valence-corrected chi connectivity index (χ4v) is 2.65. The minimum atomic E-state index is -0.0724. The van der Waals surface area contributed by atoms with Crippen LogP contribution < -0.4 is 5.32 Å². The van der Waals surface area contributed by atoms with E-state index in [1.54, 1.807) is 0 Å². The molecule has 3 rings (SSSR count). The third-order valence-electron chi connectivity index (χ3n) is 4.06. The molecular weight excluding hydrogens is 342 g/mol. The van der Waals surface area contributed by atoms with Crippen LogP contribution in [0.1, 0.15) is 29.3 Å². The van der Waals surface area contributed by atoms with Gasteiger partial charge in [-0.05, 0) is 23.6 Å². The highest BCUT2D eigenvalue weighted by atomic mass is 16.1. The van der Waals surface area contributed by atoms with Crippen LogP contribution in [0.4, 0.5) is 0 Å². The number of carbonyl (C=O) groups is 2. The molecule has 1 heterocycles. The Hall–Kier alpha value is -3.35. The number of Topliss-reactive ketones (excluding diaryl/α,β-unsaturated/α-hetero) is 1. The first-order valence-electron chi connectivity index (χ1n) is 8.81. The lowest BCUT2D eigenvalue weighted by Crippen LogP contribution is -2.21. The first-order valence-corrected chi connectivity index (χ1v) is 8.81. The summed E-state index contributed by atoms with van der Waals surface area (Å²) in [7, 11) is 0. The maximum atomic E-state index is 12.4. The highest BCUT2D eigenvalue weighted by Gasteiger charge is 2.11. The van der Waals surface area contributed by atoms with Gasteiger partial charge >= 0.3 is 0 Å². The van der Waals surface area contributed by atoms with Gasteiger partial charge in [0.2, 0.25) is 11.7 Å². The van der Waals surface area contributed by atoms with Gasteiger partial charge in [-0.1, -0.05) is 54.6 Å². The van der Waals surface area contributed by atoms with E-state index >= 15 is 0 Å². The van der Waals surface area contributed by atoms with E-state index in [-0.39, 0.29) is 18.2 Å². The molecule has 0 saturated heterocycles. The Bertz CT molecular complexity index is 904. The van der Waals surface area contributed by atoms with Crippen molar-refractivity contribution in [1.29, 1.82) is 0 Å². The van der Waals surface area contributed by atoms with Gasteiger partial charge in [-0.2, -0.15) is 4.80 Å². The molecule has 1 amide bonds. The van der Waals surface area contributed by atoms with E-state index in [1.807, 2.05) is 54.6 Å². The maximum absolute atomic E-state index is 12.4. The van der Waals surface area contributed by atoms with Crippen molar-refractivity contribution in [3.8, 4) is 11.4 Å². The number of benzene rings is 2. The highest BCUT2D eigenvalue weighted by Crippen LogP contribution is 2.12. The molecule has 27 heavy (non-hydrogen) atoms. The zero-order chi connectivity index (χ0) is 19.1. The Balaban J connectivity index is 1.55. The summed E-state index contributed by atoms with van der Waals surface area (Å²) in [5.74, 6) is 0.405. The SMILES string of the molecule is CC(=O)NCCCc1ccc(C(=O)Cn2nnc(-c3ccccc3)n2)cc1. The molecule has 1 aromatic heterocycles. The molecule has 0 bridgehead atoms. The Morgan fingerprint density at radius 2 is 1.78 bits per heavy atom. The summed E-state index contributed by atoms with van der Waals surface area (Å²) in [5, 5.41) is 15.0. The molecule has 3 aromatic rings. The van der Waals surface area contributed by atoms with Crippen molar-refractivity contribution in [1.82, 2.24) is 25.5 Å². The smallest absolute Gasteiger partial charge is 0.216 e. The van der Waals surface area contributed by atoms with Crippen LogP contribution in [-0.4, -0.2) is 38.4 Å². The lowest BCUT2D eigenvalue weighted by molar-refractivity contribution is -0.118. The van der Waals surface area contributed by atoms with Gasteiger partial charge in [0.1, 0.15) is 6.54 Å². The molecule has 0 radical (unpaired) electrons. The van der Waals surface area contributed by atoms with Crippen molar-refractivity contribution < 1.29 is 9.59 Å². The van der Waals surface area contributed by atoms with Crippen molar-refractivity contribution >= 4 is 11.7 Å². The third-order valence-corrected chi connectivity index (χ3v) is 4.06. The standard InChI is InChI=1S/C20H21N5O2/c1-15(26)21-13-5-6-16-9-11-17(12-10-16)19(27)14-25-23-20(22-24-25)18-7-3-2-4-8-18/h2-4,7-12H,5-6,13-14H2,1H3,(H,21,26). The average Bonchev–Trinajstić information content (AvgIpc) is 3.15. The molecule has 1 N–H and O–H groups in total. The Kier molecular flexibility index (Phi) is 6.04. The quantitative estimate of drug-likeness (QED) is 0.490. The van der Waals surface area contributed by atoms with Crippen LogP contribution in [-0.2, 0) is 17.8 Å². The number of ketones is 1. The second-order valence-corrected chi connectivity index (χ2v) is 6.22. The van der Waals surface area contributed by atoms with Gasteiger partial charge in [0, 0.05) is 24.6 Å². The minimum Gasteiger partial charge on any atom is -0.356 e. The molecule has 0 atom stereocenters. The number of nitrogens with zero attached hydrogens (tertiary/aromatic N) is 4. The van der Waals surface area contributed by atoms with E-state index in [0.717, 1.165) is 24.0 Å². The summed E-state index contributed by atoms with van der Waals surface area (Å²) >= 11 is 0. The molecule has 0 aliphatic heterocycles. The molecule has 0 spiro atoms. The second kappa shape index (κ2) is 8.84. The van der Waals surface area contributed by atoms with E-state index in [1.165, 1.54) is 11.7 Å². The van der Waals surface area contributed by atoms with Gasteiger partial charge in [0.25, 0.3) is 0 Å². The van der Waals surface area contributed by atoms with E-state index in [2.05, 4.69) is 20.7 Å². The number of nitrogens with one attached hydrogen (secondary N) is 1. The summed E-state index contributed by atoms with van der Waals surface area (Å²) in [5.41, 5.74) is 2.60. The molecule has 0 saturated carbocycles. The number of tetrazole rings is 1. The van der Waals surface area contributed by atoms with Crippen LogP contribution in [0.15, 0.2) is 54.6 Å². The lowest BCUT2D eigenvalue weighted by Gasteiger charge is -2.04. The van der Waals surface area contributed by atoms with Gasteiger partial charge < -0.3 is 5.32 Å². The fourth-order valence-electron chi connectivity index (χ4n) is 2.65. The predicted octanol–water partition coefficient (Wildman–Crippen LogP) is 2.29. The summed E-state index contributed by atoms with van der Waals surface area (Å²) in [6.07, 6.45) is 1.71. The number of hydrogen-bond acceptors (Lipinski definition) is 5. The highest BCUT2D eigenvalue weighted by molar-refractivity contribution is 5.95. The van der Waals surface area contributed by atoms with E-state index in [9.17, 15) is 9.59 Å². The van der Waals surface area contributed by atoms with Crippen LogP contribution in [0.5, 0.6) is 0 Å². The van der Waals surface area contributed by atoms with E-state index in [0.29, 0.717) is 17.9 Å². The number of carbonyl (C=O) groups excluding carboxylic acids is 2. The zero-order valence-corrected chi connectivity index (χ0v) is 15.1. The first-order chi connectivity index (χ1) is 13.1. The molecule has 0 unspecified atom stereocenters. The number of rotatable bonds is 8. The van der Waals surface area contributed by atoms with E-state index < -0.39 is 0 Å². The molecule has 7 nitrogen and oxygen atoms in total. The lowest BCUT2D eigenvalue weighted by atomic mass is 10.1. The molecular formula is C20H21N5O2. The van der Waals surface area contributed by atoms with Gasteiger partial charge in [0.15, 0.2) is 5.78 Å². The van der Waals surface area contributed by atoms with Crippen LogP contribution >= 0.6 is 0 Å². The molecule has 0 fully saturated rings. The van der Waals surface area contributed by atoms with Crippen LogP contribution in [0.25, 0.3) is 11.4 Å². The van der Waals surface area contributed by atoms with Crippen molar-refractivity contribution in [3.05, 3.63) is 65.7 Å². The summed E-state index contributed by atoms with van der Waals surface area (Å²) in [6, 6.07) is 17.0. The number of amides is 1. The Labute approximate surface area is 157 Å². The second-order valence-electron chi connectivity index (χ2n) is 6.22. The predicted molar refractivity (Wildman–Crippen MR) is 101 cm³/mol. The maximum Gasteiger partial charge on any atom is 0.216 e. The Morgan fingerprint density at radius 1 is 1.04 bits per heavy atom. The van der Waals surface area contributed by atoms with Gasteiger partial charge in [-0.15, -0.1) is 10.2 Å². The molecule has 138 valence electrons. The van der Waals surface area contributed by atoms with Gasteiger partial charge in [0.05, 0.1) is 0 Å². The average molecular weight is 363 g/mol. The molecule has 0 aliphatic carbocycles. The number of aromatic nitrogens is 4. The minimum absolute atomic E-state index is 0.0203. The topological polar surface area (TPSA) is 89.8 Å². The van der Waals surface area contributed by atoms with Gasteiger partial charge in [-0.25, -0.2) is 0 Å². The molecule has 7 heteroatoms. The summed E-state index contributed by atoms with van der Waals surface area (Å²) in [6.45, 7) is 2.20. The van der Waals surface area contributed by atoms with Crippen molar-refractivity contribution in [2.75, 3.05) is 6.54 Å². The summed E-state index contributed by atoms with van der Waals surface area (Å²) < 4.78 is 0. The summed E-state index contributed by atoms with van der Waals surface area (Å²) in [4.78, 5) is 24.6. The zero-order valence-electron chi connectivity index (χ0n) is 15.1. The van der Waals surface area contributed by atoms with Gasteiger partial charge in [-0.3, -0.25) is 9.59 Å². The Morgan fingerprint density at radius 3 is 2.48 bits per heavy atom. The first kappa shape index (κ1) is 18.4. The van der Waals surface area contributed by atoms with Crippen molar-refractivity contribution in [2.24, 2.45) is 0 Å². The number of aryl methyl sites for hydroxylation is 1. The largest absolute Gasteiger partial charge is 0.356 e. The van der Waals surface area contributed by atoms with Crippen LogP contribution in [0.2, 0.25) is 0 Å². The number of hydrogen-bond donors (Lipinski definition) is 1. The van der Waals surface area contributed by atoms with E-state index in [4.69, 9.17) is 0 Å². The third kappa shape index (κ3) is 5.31. The molecule has 2 aromatic carbocycles. The monoisotopic (exact) mass is 363 g/mol.